The van der Waals surface area contributed by atoms with Crippen molar-refractivity contribution in [2.24, 2.45) is 0 Å². The maximum atomic E-state index is 12.1. The highest BCUT2D eigenvalue weighted by Crippen LogP contribution is 2.26. The highest BCUT2D eigenvalue weighted by molar-refractivity contribution is 5.68. The lowest BCUT2D eigenvalue weighted by molar-refractivity contribution is 0.117. The van der Waals surface area contributed by atoms with E-state index in [9.17, 15) is 10.1 Å². The van der Waals surface area contributed by atoms with Crippen LogP contribution >= 0.6 is 0 Å². The summed E-state index contributed by atoms with van der Waals surface area (Å²) in [5.41, 5.74) is 0.583. The van der Waals surface area contributed by atoms with Crippen molar-refractivity contribution >= 4 is 6.09 Å². The zero-order valence-electron chi connectivity index (χ0n) is 14.6. The van der Waals surface area contributed by atoms with Gasteiger partial charge >= 0.3 is 6.09 Å². The summed E-state index contributed by atoms with van der Waals surface area (Å²) in [5.74, 6) is 1.29. The zero-order chi connectivity index (χ0) is 18.2. The standard InChI is InChI=1S/C21H22N2O3/c22-15-20(26-21(24)23-17-9-3-1-4-10-17)16-8-7-13-19(14-16)25-18-11-5-2-6-12-18/h2,5-8,11-14,17,20H,1,3-4,9-10H2,(H,23,24). The quantitative estimate of drug-likeness (QED) is 0.814. The van der Waals surface area contributed by atoms with Gasteiger partial charge in [-0.2, -0.15) is 5.26 Å². The third-order valence-corrected chi connectivity index (χ3v) is 4.41. The molecule has 3 rings (SSSR count). The second kappa shape index (κ2) is 8.91. The van der Waals surface area contributed by atoms with Gasteiger partial charge in [0, 0.05) is 11.6 Å². The monoisotopic (exact) mass is 350 g/mol. The minimum atomic E-state index is -0.974. The summed E-state index contributed by atoms with van der Waals surface area (Å²) in [7, 11) is 0. The number of amides is 1. The number of benzene rings is 2. The molecule has 1 fully saturated rings. The molecule has 1 aliphatic rings. The first kappa shape index (κ1) is 17.8. The van der Waals surface area contributed by atoms with Gasteiger partial charge in [0.05, 0.1) is 0 Å². The van der Waals surface area contributed by atoms with Crippen molar-refractivity contribution in [3.8, 4) is 17.6 Å². The summed E-state index contributed by atoms with van der Waals surface area (Å²) in [6, 6.07) is 18.6. The van der Waals surface area contributed by atoms with Crippen molar-refractivity contribution in [2.75, 3.05) is 0 Å². The number of hydrogen-bond donors (Lipinski definition) is 1. The molecule has 2 aromatic rings. The van der Waals surface area contributed by atoms with Crippen LogP contribution in [0.3, 0.4) is 0 Å². The number of alkyl carbamates (subject to hydrolysis) is 1. The lowest BCUT2D eigenvalue weighted by Crippen LogP contribution is -2.37. The van der Waals surface area contributed by atoms with Gasteiger partial charge in [-0.05, 0) is 37.1 Å². The molecule has 5 nitrogen and oxygen atoms in total. The van der Waals surface area contributed by atoms with Gasteiger partial charge in [0.1, 0.15) is 17.6 Å². The van der Waals surface area contributed by atoms with Gasteiger partial charge < -0.3 is 14.8 Å². The Balaban J connectivity index is 1.63. The van der Waals surface area contributed by atoms with Crippen LogP contribution in [0.25, 0.3) is 0 Å². The largest absolute Gasteiger partial charge is 0.457 e. The van der Waals surface area contributed by atoms with Crippen LogP contribution in [0.5, 0.6) is 11.5 Å². The van der Waals surface area contributed by atoms with Gasteiger partial charge in [-0.15, -0.1) is 0 Å². The Hall–Kier alpha value is -3.00. The van der Waals surface area contributed by atoms with E-state index in [0.717, 1.165) is 25.7 Å². The summed E-state index contributed by atoms with van der Waals surface area (Å²) in [4.78, 5) is 12.1. The molecule has 0 spiro atoms. The Bertz CT molecular complexity index is 764. The van der Waals surface area contributed by atoms with Crippen LogP contribution in [0, 0.1) is 11.3 Å². The van der Waals surface area contributed by atoms with Crippen molar-refractivity contribution in [1.29, 1.82) is 5.26 Å². The first-order valence-electron chi connectivity index (χ1n) is 8.94. The molecule has 26 heavy (non-hydrogen) atoms. The maximum Gasteiger partial charge on any atom is 0.409 e. The van der Waals surface area contributed by atoms with E-state index in [1.807, 2.05) is 36.4 Å². The molecule has 0 saturated heterocycles. The Kier molecular flexibility index (Phi) is 6.10. The van der Waals surface area contributed by atoms with Crippen LogP contribution in [-0.2, 0) is 4.74 Å². The van der Waals surface area contributed by atoms with Gasteiger partial charge in [0.2, 0.25) is 6.10 Å². The molecule has 1 N–H and O–H groups in total. The van der Waals surface area contributed by atoms with Crippen LogP contribution in [0.4, 0.5) is 4.79 Å². The molecule has 1 atom stereocenters. The molecule has 0 aliphatic heterocycles. The Morgan fingerprint density at radius 1 is 1.04 bits per heavy atom. The number of para-hydroxylation sites is 1. The van der Waals surface area contributed by atoms with Gasteiger partial charge in [-0.1, -0.05) is 49.6 Å². The average molecular weight is 350 g/mol. The maximum absolute atomic E-state index is 12.1. The van der Waals surface area contributed by atoms with E-state index in [0.29, 0.717) is 17.1 Å². The number of nitrogens with zero attached hydrogens (tertiary/aromatic N) is 1. The Labute approximate surface area is 153 Å². The third kappa shape index (κ3) is 5.00. The van der Waals surface area contributed by atoms with Gasteiger partial charge in [0.15, 0.2) is 0 Å². The Morgan fingerprint density at radius 3 is 2.50 bits per heavy atom. The molecule has 0 bridgehead atoms. The van der Waals surface area contributed by atoms with E-state index in [4.69, 9.17) is 9.47 Å². The van der Waals surface area contributed by atoms with E-state index >= 15 is 0 Å². The fraction of sp³-hybridized carbons (Fsp3) is 0.333. The smallest absolute Gasteiger partial charge is 0.409 e. The fourth-order valence-corrected chi connectivity index (χ4v) is 3.09. The number of rotatable bonds is 5. The molecule has 1 unspecified atom stereocenters. The number of carbonyl (C=O) groups excluding carboxylic acids is 1. The van der Waals surface area contributed by atoms with Crippen LogP contribution < -0.4 is 10.1 Å². The summed E-state index contributed by atoms with van der Waals surface area (Å²) in [6.07, 6.45) is 3.86. The van der Waals surface area contributed by atoms with Crippen LogP contribution in [-0.4, -0.2) is 12.1 Å². The first-order valence-corrected chi connectivity index (χ1v) is 8.94. The lowest BCUT2D eigenvalue weighted by Gasteiger charge is -2.23. The summed E-state index contributed by atoms with van der Waals surface area (Å²) < 4.78 is 11.1. The molecular weight excluding hydrogens is 328 g/mol. The van der Waals surface area contributed by atoms with Crippen molar-refractivity contribution < 1.29 is 14.3 Å². The number of nitrogens with one attached hydrogen (secondary N) is 1. The number of ether oxygens (including phenoxy) is 2. The number of nitriles is 1. The van der Waals surface area contributed by atoms with E-state index < -0.39 is 12.2 Å². The zero-order valence-corrected chi connectivity index (χ0v) is 14.6. The lowest BCUT2D eigenvalue weighted by atomic mass is 9.96. The van der Waals surface area contributed by atoms with Crippen molar-refractivity contribution in [2.45, 2.75) is 44.2 Å². The van der Waals surface area contributed by atoms with E-state index in [2.05, 4.69) is 5.32 Å². The molecule has 2 aromatic carbocycles. The van der Waals surface area contributed by atoms with Crippen LogP contribution in [0.15, 0.2) is 54.6 Å². The number of hydrogen-bond acceptors (Lipinski definition) is 4. The molecule has 1 aliphatic carbocycles. The van der Waals surface area contributed by atoms with Gasteiger partial charge in [-0.3, -0.25) is 0 Å². The summed E-state index contributed by atoms with van der Waals surface area (Å²) in [5, 5.41) is 12.3. The van der Waals surface area contributed by atoms with Crippen molar-refractivity contribution in [3.05, 3.63) is 60.2 Å². The molecule has 0 radical (unpaired) electrons. The van der Waals surface area contributed by atoms with Crippen LogP contribution in [0.2, 0.25) is 0 Å². The highest BCUT2D eigenvalue weighted by Gasteiger charge is 2.20. The second-order valence-corrected chi connectivity index (χ2v) is 6.38. The molecule has 134 valence electrons. The molecule has 0 aromatic heterocycles. The van der Waals surface area contributed by atoms with E-state index in [1.165, 1.54) is 6.42 Å². The fourth-order valence-electron chi connectivity index (χ4n) is 3.09. The predicted octanol–water partition coefficient (Wildman–Crippen LogP) is 5.10. The average Bonchev–Trinajstić information content (AvgIpc) is 2.68. The molecule has 1 saturated carbocycles. The predicted molar refractivity (Wildman–Crippen MR) is 97.8 cm³/mol. The minimum Gasteiger partial charge on any atom is -0.457 e. The molecule has 5 heteroatoms. The van der Waals surface area contributed by atoms with E-state index in [-0.39, 0.29) is 6.04 Å². The minimum absolute atomic E-state index is 0.142. The molecule has 1 amide bonds. The van der Waals surface area contributed by atoms with E-state index in [1.54, 1.807) is 24.3 Å². The highest BCUT2D eigenvalue weighted by atomic mass is 16.6. The van der Waals surface area contributed by atoms with Crippen molar-refractivity contribution in [3.63, 3.8) is 0 Å². The van der Waals surface area contributed by atoms with Gasteiger partial charge in [-0.25, -0.2) is 4.79 Å². The number of carbonyl (C=O) groups is 1. The SMILES string of the molecule is N#CC(OC(=O)NC1CCCCC1)c1cccc(Oc2ccccc2)c1. The molecular formula is C21H22N2O3. The normalized spacial score (nSPS) is 15.5. The summed E-state index contributed by atoms with van der Waals surface area (Å²) in [6.45, 7) is 0. The summed E-state index contributed by atoms with van der Waals surface area (Å²) >= 11 is 0. The third-order valence-electron chi connectivity index (χ3n) is 4.41. The first-order chi connectivity index (χ1) is 12.7. The Morgan fingerprint density at radius 2 is 1.77 bits per heavy atom. The second-order valence-electron chi connectivity index (χ2n) is 6.38. The van der Waals surface area contributed by atoms with Crippen molar-refractivity contribution in [1.82, 2.24) is 5.32 Å². The topological polar surface area (TPSA) is 71.3 Å². The van der Waals surface area contributed by atoms with Gasteiger partial charge in [0.25, 0.3) is 0 Å². The van der Waals surface area contributed by atoms with Crippen LogP contribution in [0.1, 0.15) is 43.8 Å². The molecule has 0 heterocycles.